The predicted molar refractivity (Wildman–Crippen MR) is 70.3 cm³/mol. The minimum absolute atomic E-state index is 0.198. The van der Waals surface area contributed by atoms with Gasteiger partial charge in [0.1, 0.15) is 0 Å². The lowest BCUT2D eigenvalue weighted by atomic mass is 9.99. The van der Waals surface area contributed by atoms with E-state index < -0.39 is 11.7 Å². The number of nitrogens with one attached hydrogen (secondary N) is 2. The molecular formula is C14H17F3N2O. The Labute approximate surface area is 115 Å². The van der Waals surface area contributed by atoms with Crippen molar-refractivity contribution < 1.29 is 18.0 Å². The average Bonchev–Trinajstić information content (AvgIpc) is 2.38. The summed E-state index contributed by atoms with van der Waals surface area (Å²) in [5.74, 6) is -0.198. The third-order valence-corrected chi connectivity index (χ3v) is 3.41. The van der Waals surface area contributed by atoms with Crippen LogP contribution in [-0.2, 0) is 11.0 Å². The number of benzene rings is 1. The summed E-state index contributed by atoms with van der Waals surface area (Å²) in [6, 6.07) is 4.48. The van der Waals surface area contributed by atoms with Gasteiger partial charge in [0, 0.05) is 11.7 Å². The predicted octanol–water partition coefficient (Wildman–Crippen LogP) is 3.17. The highest BCUT2D eigenvalue weighted by molar-refractivity contribution is 5.94. The first-order valence-corrected chi connectivity index (χ1v) is 6.60. The third kappa shape index (κ3) is 3.72. The SMILES string of the molecule is CC1CCCC(C(=O)Nc2ccc(C(F)(F)F)cc2)N1. The number of alkyl halides is 3. The van der Waals surface area contributed by atoms with Crippen LogP contribution >= 0.6 is 0 Å². The number of halogens is 3. The summed E-state index contributed by atoms with van der Waals surface area (Å²) in [5.41, 5.74) is -0.345. The Bertz CT molecular complexity index is 470. The highest BCUT2D eigenvalue weighted by Crippen LogP contribution is 2.29. The van der Waals surface area contributed by atoms with Gasteiger partial charge in [-0.15, -0.1) is 0 Å². The Hall–Kier alpha value is -1.56. The zero-order chi connectivity index (χ0) is 14.8. The highest BCUT2D eigenvalue weighted by Gasteiger charge is 2.30. The molecule has 3 nitrogen and oxygen atoms in total. The number of piperidine rings is 1. The summed E-state index contributed by atoms with van der Waals surface area (Å²) < 4.78 is 37.3. The number of carbonyl (C=O) groups excluding carboxylic acids is 1. The zero-order valence-electron chi connectivity index (χ0n) is 11.1. The van der Waals surface area contributed by atoms with Gasteiger partial charge in [0.15, 0.2) is 0 Å². The van der Waals surface area contributed by atoms with E-state index in [0.29, 0.717) is 5.69 Å². The lowest BCUT2D eigenvalue weighted by molar-refractivity contribution is -0.137. The maximum Gasteiger partial charge on any atom is 0.416 e. The Balaban J connectivity index is 1.97. The van der Waals surface area contributed by atoms with Crippen LogP contribution < -0.4 is 10.6 Å². The molecule has 1 aliphatic rings. The topological polar surface area (TPSA) is 41.1 Å². The van der Waals surface area contributed by atoms with Crippen LogP contribution in [-0.4, -0.2) is 18.0 Å². The van der Waals surface area contributed by atoms with E-state index >= 15 is 0 Å². The summed E-state index contributed by atoms with van der Waals surface area (Å²) in [7, 11) is 0. The van der Waals surface area contributed by atoms with E-state index in [1.54, 1.807) is 0 Å². The van der Waals surface area contributed by atoms with Gasteiger partial charge in [-0.05, 0) is 50.5 Å². The van der Waals surface area contributed by atoms with E-state index in [1.165, 1.54) is 12.1 Å². The van der Waals surface area contributed by atoms with E-state index in [-0.39, 0.29) is 18.0 Å². The monoisotopic (exact) mass is 286 g/mol. The van der Waals surface area contributed by atoms with Crippen molar-refractivity contribution >= 4 is 11.6 Å². The van der Waals surface area contributed by atoms with Crippen molar-refractivity contribution in [1.82, 2.24) is 5.32 Å². The first-order valence-electron chi connectivity index (χ1n) is 6.60. The minimum Gasteiger partial charge on any atom is -0.325 e. The minimum atomic E-state index is -4.36. The van der Waals surface area contributed by atoms with Gasteiger partial charge >= 0.3 is 6.18 Å². The molecule has 2 rings (SSSR count). The van der Waals surface area contributed by atoms with Crippen LogP contribution in [0.5, 0.6) is 0 Å². The lowest BCUT2D eigenvalue weighted by Crippen LogP contribution is -2.47. The van der Waals surface area contributed by atoms with Gasteiger partial charge in [-0.2, -0.15) is 13.2 Å². The highest BCUT2D eigenvalue weighted by atomic mass is 19.4. The van der Waals surface area contributed by atoms with E-state index in [9.17, 15) is 18.0 Å². The van der Waals surface area contributed by atoms with Crippen LogP contribution in [0.15, 0.2) is 24.3 Å². The largest absolute Gasteiger partial charge is 0.416 e. The number of hydrogen-bond donors (Lipinski definition) is 2. The molecule has 0 aliphatic carbocycles. The molecule has 0 saturated carbocycles. The first kappa shape index (κ1) is 14.8. The van der Waals surface area contributed by atoms with Crippen LogP contribution in [0.2, 0.25) is 0 Å². The summed E-state index contributed by atoms with van der Waals surface area (Å²) in [5, 5.41) is 5.82. The number of rotatable bonds is 2. The van der Waals surface area contributed by atoms with Crippen LogP contribution in [0.3, 0.4) is 0 Å². The van der Waals surface area contributed by atoms with Gasteiger partial charge in [0.25, 0.3) is 0 Å². The van der Waals surface area contributed by atoms with Crippen molar-refractivity contribution in [1.29, 1.82) is 0 Å². The first-order chi connectivity index (χ1) is 9.36. The average molecular weight is 286 g/mol. The second-order valence-corrected chi connectivity index (χ2v) is 5.12. The van der Waals surface area contributed by atoms with Gasteiger partial charge in [0.05, 0.1) is 11.6 Å². The molecule has 0 aromatic heterocycles. The molecule has 1 aromatic rings. The molecule has 1 saturated heterocycles. The summed E-state index contributed by atoms with van der Waals surface area (Å²) in [4.78, 5) is 12.0. The molecule has 1 heterocycles. The third-order valence-electron chi connectivity index (χ3n) is 3.41. The fraction of sp³-hybridized carbons (Fsp3) is 0.500. The van der Waals surface area contributed by atoms with Crippen molar-refractivity contribution in [3.8, 4) is 0 Å². The van der Waals surface area contributed by atoms with Gasteiger partial charge < -0.3 is 10.6 Å². The summed E-state index contributed by atoms with van der Waals surface area (Å²) in [6.45, 7) is 2.01. The Morgan fingerprint density at radius 2 is 1.90 bits per heavy atom. The molecule has 1 fully saturated rings. The van der Waals surface area contributed by atoms with Crippen molar-refractivity contribution in [3.05, 3.63) is 29.8 Å². The van der Waals surface area contributed by atoms with Gasteiger partial charge in [-0.3, -0.25) is 4.79 Å². The van der Waals surface area contributed by atoms with E-state index in [2.05, 4.69) is 10.6 Å². The molecule has 0 radical (unpaired) electrons. The van der Waals surface area contributed by atoms with Crippen LogP contribution in [0.25, 0.3) is 0 Å². The van der Waals surface area contributed by atoms with E-state index in [1.807, 2.05) is 6.92 Å². The second-order valence-electron chi connectivity index (χ2n) is 5.12. The number of anilines is 1. The standard InChI is InChI=1S/C14H17F3N2O/c1-9-3-2-4-12(18-9)13(20)19-11-7-5-10(6-8-11)14(15,16)17/h5-9,12,18H,2-4H2,1H3,(H,19,20). The lowest BCUT2D eigenvalue weighted by Gasteiger charge is -2.27. The smallest absolute Gasteiger partial charge is 0.325 e. The number of amides is 1. The molecule has 0 bridgehead atoms. The molecule has 2 atom stereocenters. The Kier molecular flexibility index (Phi) is 4.32. The van der Waals surface area contributed by atoms with E-state index in [0.717, 1.165) is 31.4 Å². The maximum atomic E-state index is 12.4. The molecule has 2 N–H and O–H groups in total. The van der Waals surface area contributed by atoms with Crippen LogP contribution in [0.4, 0.5) is 18.9 Å². The molecular weight excluding hydrogens is 269 g/mol. The second kappa shape index (κ2) is 5.83. The molecule has 6 heteroatoms. The van der Waals surface area contributed by atoms with Crippen LogP contribution in [0.1, 0.15) is 31.7 Å². The maximum absolute atomic E-state index is 12.4. The van der Waals surface area contributed by atoms with Crippen molar-refractivity contribution in [3.63, 3.8) is 0 Å². The molecule has 1 amide bonds. The van der Waals surface area contributed by atoms with E-state index in [4.69, 9.17) is 0 Å². The zero-order valence-corrected chi connectivity index (χ0v) is 11.1. The molecule has 20 heavy (non-hydrogen) atoms. The summed E-state index contributed by atoms with van der Waals surface area (Å²) in [6.07, 6.45) is -1.61. The van der Waals surface area contributed by atoms with Crippen molar-refractivity contribution in [2.24, 2.45) is 0 Å². The summed E-state index contributed by atoms with van der Waals surface area (Å²) >= 11 is 0. The van der Waals surface area contributed by atoms with Gasteiger partial charge in [0.2, 0.25) is 5.91 Å². The fourth-order valence-electron chi connectivity index (χ4n) is 2.32. The van der Waals surface area contributed by atoms with Crippen molar-refractivity contribution in [2.75, 3.05) is 5.32 Å². The fourth-order valence-corrected chi connectivity index (χ4v) is 2.32. The molecule has 1 aromatic carbocycles. The molecule has 2 unspecified atom stereocenters. The number of carbonyl (C=O) groups is 1. The molecule has 0 spiro atoms. The normalized spacial score (nSPS) is 23.4. The van der Waals surface area contributed by atoms with Crippen molar-refractivity contribution in [2.45, 2.75) is 44.4 Å². The Morgan fingerprint density at radius 1 is 1.25 bits per heavy atom. The number of hydrogen-bond acceptors (Lipinski definition) is 2. The molecule has 110 valence electrons. The van der Waals surface area contributed by atoms with Gasteiger partial charge in [-0.25, -0.2) is 0 Å². The van der Waals surface area contributed by atoms with Crippen LogP contribution in [0, 0.1) is 0 Å². The van der Waals surface area contributed by atoms with Gasteiger partial charge in [-0.1, -0.05) is 0 Å². The Morgan fingerprint density at radius 3 is 2.45 bits per heavy atom. The quantitative estimate of drug-likeness (QED) is 0.876. The molecule has 1 aliphatic heterocycles.